The molecule has 1 aromatic carbocycles. The van der Waals surface area contributed by atoms with Crippen LogP contribution in [0.5, 0.6) is 0 Å². The third-order valence-corrected chi connectivity index (χ3v) is 2.17. The number of hydrogen-bond acceptors (Lipinski definition) is 4. The van der Waals surface area contributed by atoms with Crippen LogP contribution in [-0.2, 0) is 0 Å². The fourth-order valence-electron chi connectivity index (χ4n) is 1.29. The lowest BCUT2D eigenvalue weighted by molar-refractivity contribution is 0.102. The Bertz CT molecular complexity index is 584. The second kappa shape index (κ2) is 4.52. The smallest absolute Gasteiger partial charge is 0.335 e. The maximum Gasteiger partial charge on any atom is 0.335 e. The minimum Gasteiger partial charge on any atom is -0.430 e. The summed E-state index contributed by atoms with van der Waals surface area (Å²) in [5.41, 5.74) is 6.43. The van der Waals surface area contributed by atoms with Gasteiger partial charge in [0.15, 0.2) is 0 Å². The first-order chi connectivity index (χ1) is 8.16. The van der Waals surface area contributed by atoms with Gasteiger partial charge in [0.25, 0.3) is 5.91 Å². The van der Waals surface area contributed by atoms with Gasteiger partial charge >= 0.3 is 5.63 Å². The summed E-state index contributed by atoms with van der Waals surface area (Å²) in [4.78, 5) is 22.5. The molecule has 0 radical (unpaired) electrons. The number of nitrogen functional groups attached to an aromatic ring is 1. The van der Waals surface area contributed by atoms with Crippen LogP contribution in [-0.4, -0.2) is 5.91 Å². The number of anilines is 2. The summed E-state index contributed by atoms with van der Waals surface area (Å²) in [6.45, 7) is 0. The lowest BCUT2D eigenvalue weighted by atomic mass is 10.2. The quantitative estimate of drug-likeness (QED) is 0.765. The Labute approximate surface area is 96.9 Å². The predicted octanol–water partition coefficient (Wildman–Crippen LogP) is 1.47. The molecule has 0 bridgehead atoms. The van der Waals surface area contributed by atoms with Crippen molar-refractivity contribution < 1.29 is 9.21 Å². The van der Waals surface area contributed by atoms with E-state index < -0.39 is 5.63 Å². The van der Waals surface area contributed by atoms with Crippen molar-refractivity contribution in [3.05, 3.63) is 58.6 Å². The molecule has 1 heterocycles. The zero-order valence-electron chi connectivity index (χ0n) is 8.84. The van der Waals surface area contributed by atoms with Crippen LogP contribution in [0, 0.1) is 0 Å². The molecular weight excluding hydrogens is 220 g/mol. The monoisotopic (exact) mass is 230 g/mol. The van der Waals surface area contributed by atoms with Gasteiger partial charge in [-0.15, -0.1) is 0 Å². The van der Waals surface area contributed by atoms with Crippen molar-refractivity contribution in [2.24, 2.45) is 0 Å². The Hall–Kier alpha value is -2.56. The highest BCUT2D eigenvalue weighted by Gasteiger charge is 2.08. The predicted molar refractivity (Wildman–Crippen MR) is 63.8 cm³/mol. The maximum absolute atomic E-state index is 11.7. The van der Waals surface area contributed by atoms with E-state index in [0.717, 1.165) is 6.26 Å². The summed E-state index contributed by atoms with van der Waals surface area (Å²) >= 11 is 0. The maximum atomic E-state index is 11.7. The third-order valence-electron chi connectivity index (χ3n) is 2.17. The molecule has 86 valence electrons. The molecule has 0 saturated carbocycles. The lowest BCUT2D eigenvalue weighted by Crippen LogP contribution is -2.14. The molecule has 2 rings (SSSR count). The van der Waals surface area contributed by atoms with Gasteiger partial charge in [0.1, 0.15) is 6.26 Å². The van der Waals surface area contributed by atoms with Crippen LogP contribution in [0.3, 0.4) is 0 Å². The molecular formula is C12H10N2O3. The van der Waals surface area contributed by atoms with Crippen molar-refractivity contribution in [2.75, 3.05) is 11.1 Å². The molecule has 17 heavy (non-hydrogen) atoms. The highest BCUT2D eigenvalue weighted by atomic mass is 16.4. The van der Waals surface area contributed by atoms with Gasteiger partial charge in [-0.3, -0.25) is 4.79 Å². The Kier molecular flexibility index (Phi) is 2.91. The van der Waals surface area contributed by atoms with E-state index in [2.05, 4.69) is 9.73 Å². The zero-order chi connectivity index (χ0) is 12.3. The van der Waals surface area contributed by atoms with E-state index in [1.807, 2.05) is 0 Å². The average molecular weight is 230 g/mol. The molecule has 0 saturated heterocycles. The molecule has 0 aliphatic heterocycles. The Morgan fingerprint density at radius 2 is 1.94 bits per heavy atom. The van der Waals surface area contributed by atoms with Crippen molar-refractivity contribution in [2.45, 2.75) is 0 Å². The standard InChI is InChI=1S/C12H10N2O3/c13-9-3-1-2-4-10(9)14-12(16)8-5-6-11(15)17-7-8/h1-7H,13H2,(H,14,16). The first kappa shape index (κ1) is 10.9. The second-order valence-electron chi connectivity index (χ2n) is 3.38. The molecule has 1 amide bonds. The highest BCUT2D eigenvalue weighted by molar-refractivity contribution is 6.05. The molecule has 3 N–H and O–H groups in total. The van der Waals surface area contributed by atoms with Crippen LogP contribution in [0.25, 0.3) is 0 Å². The number of amides is 1. The van der Waals surface area contributed by atoms with Gasteiger partial charge in [0.05, 0.1) is 16.9 Å². The number of para-hydroxylation sites is 2. The van der Waals surface area contributed by atoms with Gasteiger partial charge in [-0.05, 0) is 18.2 Å². The van der Waals surface area contributed by atoms with Gasteiger partial charge in [0, 0.05) is 6.07 Å². The van der Waals surface area contributed by atoms with E-state index in [4.69, 9.17) is 5.73 Å². The fourth-order valence-corrected chi connectivity index (χ4v) is 1.29. The number of benzene rings is 1. The topological polar surface area (TPSA) is 85.3 Å². The molecule has 0 spiro atoms. The highest BCUT2D eigenvalue weighted by Crippen LogP contribution is 2.17. The van der Waals surface area contributed by atoms with E-state index >= 15 is 0 Å². The second-order valence-corrected chi connectivity index (χ2v) is 3.38. The Balaban J connectivity index is 2.20. The number of carbonyl (C=O) groups excluding carboxylic acids is 1. The first-order valence-corrected chi connectivity index (χ1v) is 4.91. The molecule has 0 fully saturated rings. The van der Waals surface area contributed by atoms with Gasteiger partial charge in [0.2, 0.25) is 0 Å². The van der Waals surface area contributed by atoms with Crippen LogP contribution in [0.2, 0.25) is 0 Å². The minimum absolute atomic E-state index is 0.257. The first-order valence-electron chi connectivity index (χ1n) is 4.91. The van der Waals surface area contributed by atoms with Crippen molar-refractivity contribution in [3.63, 3.8) is 0 Å². The molecule has 0 atom stereocenters. The third kappa shape index (κ3) is 2.52. The summed E-state index contributed by atoms with van der Waals surface area (Å²) in [5, 5.41) is 2.62. The summed E-state index contributed by atoms with van der Waals surface area (Å²) in [7, 11) is 0. The van der Waals surface area contributed by atoms with Crippen LogP contribution in [0.15, 0.2) is 51.9 Å². The fraction of sp³-hybridized carbons (Fsp3) is 0. The van der Waals surface area contributed by atoms with Crippen LogP contribution >= 0.6 is 0 Å². The van der Waals surface area contributed by atoms with E-state index in [9.17, 15) is 9.59 Å². The van der Waals surface area contributed by atoms with E-state index in [1.165, 1.54) is 12.1 Å². The van der Waals surface area contributed by atoms with Crippen molar-refractivity contribution in [1.29, 1.82) is 0 Å². The number of carbonyl (C=O) groups is 1. The number of hydrogen-bond donors (Lipinski definition) is 2. The van der Waals surface area contributed by atoms with Crippen LogP contribution in [0.1, 0.15) is 10.4 Å². The molecule has 5 nitrogen and oxygen atoms in total. The van der Waals surface area contributed by atoms with E-state index in [1.54, 1.807) is 24.3 Å². The molecule has 0 aliphatic rings. The van der Waals surface area contributed by atoms with Crippen molar-refractivity contribution >= 4 is 17.3 Å². The molecule has 0 aliphatic carbocycles. The molecule has 1 aromatic heterocycles. The van der Waals surface area contributed by atoms with Gasteiger partial charge < -0.3 is 15.5 Å². The lowest BCUT2D eigenvalue weighted by Gasteiger charge is -2.06. The average Bonchev–Trinajstić information content (AvgIpc) is 2.33. The molecule has 0 unspecified atom stereocenters. The van der Waals surface area contributed by atoms with Crippen molar-refractivity contribution in [1.82, 2.24) is 0 Å². The Morgan fingerprint density at radius 3 is 2.59 bits per heavy atom. The number of nitrogens with one attached hydrogen (secondary N) is 1. The largest absolute Gasteiger partial charge is 0.430 e. The summed E-state index contributed by atoms with van der Waals surface area (Å²) in [6.07, 6.45) is 1.11. The normalized spacial score (nSPS) is 9.88. The summed E-state index contributed by atoms with van der Waals surface area (Å²) < 4.78 is 4.60. The van der Waals surface area contributed by atoms with Gasteiger partial charge in [-0.1, -0.05) is 12.1 Å². The number of nitrogens with two attached hydrogens (primary N) is 1. The van der Waals surface area contributed by atoms with Crippen LogP contribution in [0.4, 0.5) is 11.4 Å². The number of rotatable bonds is 2. The summed E-state index contributed by atoms with van der Waals surface area (Å²) in [5.74, 6) is -0.383. The minimum atomic E-state index is -0.499. The Morgan fingerprint density at radius 1 is 1.18 bits per heavy atom. The molecule has 2 aromatic rings. The van der Waals surface area contributed by atoms with Crippen LogP contribution < -0.4 is 16.7 Å². The van der Waals surface area contributed by atoms with Crippen molar-refractivity contribution in [3.8, 4) is 0 Å². The molecule has 5 heteroatoms. The van der Waals surface area contributed by atoms with E-state index in [0.29, 0.717) is 11.4 Å². The summed E-state index contributed by atoms with van der Waals surface area (Å²) in [6, 6.07) is 9.47. The zero-order valence-corrected chi connectivity index (χ0v) is 8.84. The SMILES string of the molecule is Nc1ccccc1NC(=O)c1ccc(=O)oc1. The van der Waals surface area contributed by atoms with E-state index in [-0.39, 0.29) is 11.5 Å². The van der Waals surface area contributed by atoms with Gasteiger partial charge in [-0.2, -0.15) is 0 Å². The van der Waals surface area contributed by atoms with Gasteiger partial charge in [-0.25, -0.2) is 4.79 Å².